The SMILES string of the molecule is COc1ccc(C(=O)N[C@@H](c2ccccc2)c2ccco2)cc1N1CCOCC1. The maximum atomic E-state index is 13.1. The van der Waals surface area contributed by atoms with Crippen LogP contribution in [0.25, 0.3) is 0 Å². The lowest BCUT2D eigenvalue weighted by atomic mass is 10.0. The highest BCUT2D eigenvalue weighted by atomic mass is 16.5. The van der Waals surface area contributed by atoms with Gasteiger partial charge in [-0.3, -0.25) is 4.79 Å². The molecule has 1 aliphatic rings. The number of carbonyl (C=O) groups is 1. The number of ether oxygens (including phenoxy) is 2. The molecule has 1 fully saturated rings. The monoisotopic (exact) mass is 392 g/mol. The summed E-state index contributed by atoms with van der Waals surface area (Å²) in [6.45, 7) is 2.85. The highest BCUT2D eigenvalue weighted by Crippen LogP contribution is 2.31. The van der Waals surface area contributed by atoms with Crippen molar-refractivity contribution in [1.82, 2.24) is 5.32 Å². The van der Waals surface area contributed by atoms with E-state index in [1.54, 1.807) is 19.4 Å². The number of morpholine rings is 1. The van der Waals surface area contributed by atoms with Gasteiger partial charge in [0.05, 0.1) is 32.3 Å². The summed E-state index contributed by atoms with van der Waals surface area (Å²) in [5.41, 5.74) is 2.43. The molecule has 1 aromatic heterocycles. The van der Waals surface area contributed by atoms with E-state index in [1.165, 1.54) is 0 Å². The molecule has 6 nitrogen and oxygen atoms in total. The van der Waals surface area contributed by atoms with Crippen LogP contribution in [0.5, 0.6) is 5.75 Å². The van der Waals surface area contributed by atoms with E-state index in [0.29, 0.717) is 24.5 Å². The van der Waals surface area contributed by atoms with Gasteiger partial charge in [0.25, 0.3) is 5.91 Å². The first kappa shape index (κ1) is 19.1. The van der Waals surface area contributed by atoms with E-state index >= 15 is 0 Å². The minimum atomic E-state index is -0.368. The maximum absolute atomic E-state index is 13.1. The van der Waals surface area contributed by atoms with Crippen LogP contribution in [0, 0.1) is 0 Å². The van der Waals surface area contributed by atoms with Crippen LogP contribution in [-0.4, -0.2) is 39.3 Å². The predicted octanol–water partition coefficient (Wildman–Crippen LogP) is 3.64. The number of methoxy groups -OCH3 is 1. The van der Waals surface area contributed by atoms with Gasteiger partial charge in [-0.15, -0.1) is 0 Å². The third kappa shape index (κ3) is 4.27. The molecule has 0 radical (unpaired) electrons. The molecule has 0 saturated carbocycles. The minimum absolute atomic E-state index is 0.174. The van der Waals surface area contributed by atoms with Crippen LogP contribution in [-0.2, 0) is 4.74 Å². The van der Waals surface area contributed by atoms with Crippen molar-refractivity contribution in [3.05, 3.63) is 83.8 Å². The highest BCUT2D eigenvalue weighted by molar-refractivity contribution is 5.96. The van der Waals surface area contributed by atoms with Gasteiger partial charge in [-0.2, -0.15) is 0 Å². The number of nitrogens with zero attached hydrogens (tertiary/aromatic N) is 1. The van der Waals surface area contributed by atoms with Crippen molar-refractivity contribution >= 4 is 11.6 Å². The third-order valence-corrected chi connectivity index (χ3v) is 5.03. The molecule has 0 aliphatic carbocycles. The zero-order valence-corrected chi connectivity index (χ0v) is 16.3. The standard InChI is InChI=1S/C23H24N2O4/c1-27-20-10-9-18(16-19(20)25-11-14-28-15-12-25)23(26)24-22(21-8-5-13-29-21)17-6-3-2-4-7-17/h2-10,13,16,22H,11-12,14-15H2,1H3,(H,24,26)/t22-/m0/s1. The lowest BCUT2D eigenvalue weighted by Gasteiger charge is -2.30. The average molecular weight is 392 g/mol. The summed E-state index contributed by atoms with van der Waals surface area (Å²) in [6, 6.07) is 18.6. The van der Waals surface area contributed by atoms with Crippen molar-refractivity contribution in [2.45, 2.75) is 6.04 Å². The number of anilines is 1. The first-order chi connectivity index (χ1) is 14.3. The number of rotatable bonds is 6. The number of amides is 1. The summed E-state index contributed by atoms with van der Waals surface area (Å²) in [5.74, 6) is 1.26. The highest BCUT2D eigenvalue weighted by Gasteiger charge is 2.22. The Morgan fingerprint density at radius 1 is 1.07 bits per heavy atom. The summed E-state index contributed by atoms with van der Waals surface area (Å²) in [6.07, 6.45) is 1.61. The summed E-state index contributed by atoms with van der Waals surface area (Å²) in [4.78, 5) is 15.3. The number of nitrogens with one attached hydrogen (secondary N) is 1. The maximum Gasteiger partial charge on any atom is 0.252 e. The molecule has 1 atom stereocenters. The second-order valence-electron chi connectivity index (χ2n) is 6.82. The van der Waals surface area contributed by atoms with E-state index in [-0.39, 0.29) is 11.9 Å². The normalized spacial score (nSPS) is 15.0. The summed E-state index contributed by atoms with van der Waals surface area (Å²) >= 11 is 0. The molecule has 1 N–H and O–H groups in total. The molecule has 2 aromatic carbocycles. The smallest absolute Gasteiger partial charge is 0.252 e. The van der Waals surface area contributed by atoms with Crippen molar-refractivity contribution in [3.8, 4) is 5.75 Å². The van der Waals surface area contributed by atoms with Gasteiger partial charge in [0.15, 0.2) is 0 Å². The van der Waals surface area contributed by atoms with Gasteiger partial charge in [-0.25, -0.2) is 0 Å². The van der Waals surface area contributed by atoms with Gasteiger partial charge >= 0.3 is 0 Å². The summed E-state index contributed by atoms with van der Waals surface area (Å²) in [5, 5.41) is 3.10. The van der Waals surface area contributed by atoms with Crippen molar-refractivity contribution in [2.75, 3.05) is 38.3 Å². The van der Waals surface area contributed by atoms with Crippen LogP contribution in [0.2, 0.25) is 0 Å². The van der Waals surface area contributed by atoms with Crippen LogP contribution in [0.4, 0.5) is 5.69 Å². The Morgan fingerprint density at radius 3 is 2.55 bits per heavy atom. The van der Waals surface area contributed by atoms with Gasteiger partial charge < -0.3 is 24.1 Å². The lowest BCUT2D eigenvalue weighted by molar-refractivity contribution is 0.0939. The number of hydrogen-bond donors (Lipinski definition) is 1. The Hall–Kier alpha value is -3.25. The molecule has 1 aliphatic heterocycles. The lowest BCUT2D eigenvalue weighted by Crippen LogP contribution is -2.36. The Balaban J connectivity index is 1.61. The van der Waals surface area contributed by atoms with Crippen molar-refractivity contribution in [3.63, 3.8) is 0 Å². The van der Waals surface area contributed by atoms with Crippen molar-refractivity contribution in [1.29, 1.82) is 0 Å². The van der Waals surface area contributed by atoms with Crippen LogP contribution < -0.4 is 15.0 Å². The predicted molar refractivity (Wildman–Crippen MR) is 110 cm³/mol. The Morgan fingerprint density at radius 2 is 1.86 bits per heavy atom. The number of benzene rings is 2. The number of carbonyl (C=O) groups excluding carboxylic acids is 1. The van der Waals surface area contributed by atoms with E-state index in [0.717, 1.165) is 30.1 Å². The van der Waals surface area contributed by atoms with E-state index in [4.69, 9.17) is 13.9 Å². The van der Waals surface area contributed by atoms with E-state index in [9.17, 15) is 4.79 Å². The molecule has 0 spiro atoms. The molecule has 4 rings (SSSR count). The molecule has 3 aromatic rings. The quantitative estimate of drug-likeness (QED) is 0.694. The van der Waals surface area contributed by atoms with Gasteiger partial charge in [-0.05, 0) is 35.9 Å². The number of hydrogen-bond acceptors (Lipinski definition) is 5. The molecule has 1 saturated heterocycles. The van der Waals surface area contributed by atoms with Crippen LogP contribution in [0.15, 0.2) is 71.3 Å². The molecular weight excluding hydrogens is 368 g/mol. The van der Waals surface area contributed by atoms with Gasteiger partial charge in [0.2, 0.25) is 0 Å². The van der Waals surface area contributed by atoms with Crippen LogP contribution in [0.3, 0.4) is 0 Å². The van der Waals surface area contributed by atoms with E-state index < -0.39 is 0 Å². The van der Waals surface area contributed by atoms with Gasteiger partial charge in [0, 0.05) is 18.7 Å². The summed E-state index contributed by atoms with van der Waals surface area (Å²) in [7, 11) is 1.64. The molecule has 29 heavy (non-hydrogen) atoms. The second-order valence-corrected chi connectivity index (χ2v) is 6.82. The fourth-order valence-electron chi connectivity index (χ4n) is 3.52. The Kier molecular flexibility index (Phi) is 5.81. The minimum Gasteiger partial charge on any atom is -0.495 e. The average Bonchev–Trinajstić information content (AvgIpc) is 3.32. The third-order valence-electron chi connectivity index (χ3n) is 5.03. The summed E-state index contributed by atoms with van der Waals surface area (Å²) < 4.78 is 16.5. The van der Waals surface area contributed by atoms with Crippen molar-refractivity contribution in [2.24, 2.45) is 0 Å². The largest absolute Gasteiger partial charge is 0.495 e. The van der Waals surface area contributed by atoms with Crippen molar-refractivity contribution < 1.29 is 18.7 Å². The first-order valence-corrected chi connectivity index (χ1v) is 9.66. The molecule has 2 heterocycles. The molecule has 1 amide bonds. The zero-order chi connectivity index (χ0) is 20.1. The topological polar surface area (TPSA) is 63.9 Å². The second kappa shape index (κ2) is 8.84. The molecule has 150 valence electrons. The fourth-order valence-corrected chi connectivity index (χ4v) is 3.52. The molecular formula is C23H24N2O4. The molecule has 6 heteroatoms. The van der Waals surface area contributed by atoms with Crippen LogP contribution >= 0.6 is 0 Å². The molecule has 0 unspecified atom stereocenters. The Labute approximate surface area is 170 Å². The fraction of sp³-hybridized carbons (Fsp3) is 0.261. The molecule has 0 bridgehead atoms. The first-order valence-electron chi connectivity index (χ1n) is 9.66. The van der Waals surface area contributed by atoms with Crippen LogP contribution in [0.1, 0.15) is 27.7 Å². The van der Waals surface area contributed by atoms with Gasteiger partial charge in [0.1, 0.15) is 17.6 Å². The van der Waals surface area contributed by atoms with E-state index in [2.05, 4.69) is 10.2 Å². The van der Waals surface area contributed by atoms with E-state index in [1.807, 2.05) is 54.6 Å². The number of furan rings is 1. The van der Waals surface area contributed by atoms with Gasteiger partial charge in [-0.1, -0.05) is 30.3 Å². The Bertz CT molecular complexity index is 935. The zero-order valence-electron chi connectivity index (χ0n) is 16.3.